The number of fused-ring (bicyclic) bond motifs is 10. The van der Waals surface area contributed by atoms with Crippen molar-refractivity contribution in [2.45, 2.75) is 37.5 Å². The van der Waals surface area contributed by atoms with Crippen molar-refractivity contribution < 1.29 is 0 Å². The largest absolute Gasteiger partial charge is 0.310 e. The Labute approximate surface area is 346 Å². The molecule has 280 valence electrons. The van der Waals surface area contributed by atoms with Crippen molar-refractivity contribution in [3.8, 4) is 44.5 Å². The molecule has 0 atom stereocenters. The van der Waals surface area contributed by atoms with E-state index in [2.05, 4.69) is 219 Å². The zero-order valence-electron chi connectivity index (χ0n) is 33.4. The molecule has 0 fully saturated rings. The van der Waals surface area contributed by atoms with Gasteiger partial charge in [0.25, 0.3) is 0 Å². The van der Waals surface area contributed by atoms with Gasteiger partial charge in [0.1, 0.15) is 0 Å². The van der Waals surface area contributed by atoms with Crippen molar-refractivity contribution in [2.24, 2.45) is 0 Å². The van der Waals surface area contributed by atoms with E-state index in [1.165, 1.54) is 88.7 Å². The summed E-state index contributed by atoms with van der Waals surface area (Å²) in [4.78, 5) is 2.43. The first-order valence-electron chi connectivity index (χ1n) is 21.0. The molecule has 0 bridgehead atoms. The quantitative estimate of drug-likeness (QED) is 0.169. The average Bonchev–Trinajstić information content (AvgIpc) is 3.89. The fourth-order valence-electron chi connectivity index (χ4n) is 11.0. The van der Waals surface area contributed by atoms with Crippen LogP contribution in [0.25, 0.3) is 55.3 Å². The third kappa shape index (κ3) is 5.11. The van der Waals surface area contributed by atoms with Gasteiger partial charge in [-0.25, -0.2) is 0 Å². The molecule has 0 saturated heterocycles. The molecule has 0 aromatic heterocycles. The van der Waals surface area contributed by atoms with Gasteiger partial charge in [-0.15, -0.1) is 0 Å². The Hall–Kier alpha value is -6.96. The molecule has 0 amide bonds. The van der Waals surface area contributed by atoms with Crippen molar-refractivity contribution in [3.05, 3.63) is 234 Å². The second-order valence-corrected chi connectivity index (χ2v) is 17.4. The van der Waals surface area contributed by atoms with Crippen LogP contribution in [-0.4, -0.2) is 0 Å². The first kappa shape index (κ1) is 34.1. The lowest BCUT2D eigenvalue weighted by molar-refractivity contribution is 0.564. The fraction of sp³-hybridized carbons (Fsp3) is 0.103. The van der Waals surface area contributed by atoms with E-state index in [-0.39, 0.29) is 10.8 Å². The number of rotatable bonds is 5. The van der Waals surface area contributed by atoms with Crippen LogP contribution in [0.15, 0.2) is 200 Å². The SMILES string of the molecule is CC1(C)c2ccccc2-c2ccc(N(c3ccc(-c4ccc5c(c4)C4(Cc6ccccc6C4)c4ccccc4-5)cc3)c3ccc(-c4cccc5ccccc45)cc3)cc21. The summed E-state index contributed by atoms with van der Waals surface area (Å²) in [5, 5.41) is 2.53. The molecule has 0 saturated carbocycles. The van der Waals surface area contributed by atoms with E-state index in [4.69, 9.17) is 0 Å². The summed E-state index contributed by atoms with van der Waals surface area (Å²) in [5.41, 5.74) is 22.4. The molecule has 3 aliphatic carbocycles. The predicted molar refractivity (Wildman–Crippen MR) is 247 cm³/mol. The van der Waals surface area contributed by atoms with Crippen LogP contribution in [0.3, 0.4) is 0 Å². The lowest BCUT2D eigenvalue weighted by atomic mass is 9.75. The lowest BCUT2D eigenvalue weighted by Crippen LogP contribution is -2.25. The summed E-state index contributed by atoms with van der Waals surface area (Å²) in [6.45, 7) is 4.73. The van der Waals surface area contributed by atoms with Gasteiger partial charge >= 0.3 is 0 Å². The first-order valence-corrected chi connectivity index (χ1v) is 21.0. The highest BCUT2D eigenvalue weighted by molar-refractivity contribution is 5.97. The number of hydrogen-bond donors (Lipinski definition) is 0. The molecule has 9 aromatic carbocycles. The van der Waals surface area contributed by atoms with E-state index in [0.717, 1.165) is 29.9 Å². The van der Waals surface area contributed by atoms with Crippen LogP contribution in [0.2, 0.25) is 0 Å². The van der Waals surface area contributed by atoms with Crippen LogP contribution < -0.4 is 4.90 Å². The van der Waals surface area contributed by atoms with Gasteiger partial charge in [0.05, 0.1) is 0 Å². The molecule has 3 aliphatic rings. The summed E-state index contributed by atoms with van der Waals surface area (Å²) in [6.07, 6.45) is 2.10. The fourth-order valence-corrected chi connectivity index (χ4v) is 11.0. The Morgan fingerprint density at radius 2 is 0.864 bits per heavy atom. The maximum Gasteiger partial charge on any atom is 0.0465 e. The monoisotopic (exact) mass is 753 g/mol. The molecular formula is C58H43N. The van der Waals surface area contributed by atoms with E-state index in [9.17, 15) is 0 Å². The molecule has 0 radical (unpaired) electrons. The van der Waals surface area contributed by atoms with E-state index >= 15 is 0 Å². The maximum atomic E-state index is 2.50. The van der Waals surface area contributed by atoms with Crippen molar-refractivity contribution in [1.82, 2.24) is 0 Å². The molecule has 0 aliphatic heterocycles. The summed E-state index contributed by atoms with van der Waals surface area (Å²) >= 11 is 0. The molecule has 59 heavy (non-hydrogen) atoms. The Bertz CT molecular complexity index is 3100. The predicted octanol–water partition coefficient (Wildman–Crippen LogP) is 15.0. The summed E-state index contributed by atoms with van der Waals surface area (Å²) in [5.74, 6) is 0. The smallest absolute Gasteiger partial charge is 0.0465 e. The molecule has 9 aromatic rings. The zero-order chi connectivity index (χ0) is 39.3. The summed E-state index contributed by atoms with van der Waals surface area (Å²) < 4.78 is 0. The van der Waals surface area contributed by atoms with Crippen LogP contribution >= 0.6 is 0 Å². The van der Waals surface area contributed by atoms with Crippen molar-refractivity contribution in [3.63, 3.8) is 0 Å². The Kier molecular flexibility index (Phi) is 7.38. The molecule has 1 spiro atoms. The van der Waals surface area contributed by atoms with Crippen molar-refractivity contribution in [1.29, 1.82) is 0 Å². The van der Waals surface area contributed by atoms with Crippen LogP contribution in [0.4, 0.5) is 17.1 Å². The number of nitrogens with zero attached hydrogens (tertiary/aromatic N) is 1. The van der Waals surface area contributed by atoms with Gasteiger partial charge in [-0.1, -0.05) is 172 Å². The van der Waals surface area contributed by atoms with Crippen LogP contribution in [0.5, 0.6) is 0 Å². The minimum atomic E-state index is -0.0963. The van der Waals surface area contributed by atoms with Gasteiger partial charge in [-0.2, -0.15) is 0 Å². The molecule has 12 rings (SSSR count). The summed E-state index contributed by atoms with van der Waals surface area (Å²) in [7, 11) is 0. The van der Waals surface area contributed by atoms with E-state index in [1.54, 1.807) is 0 Å². The molecule has 0 N–H and O–H groups in total. The zero-order valence-corrected chi connectivity index (χ0v) is 33.4. The third-order valence-electron chi connectivity index (χ3n) is 13.9. The number of anilines is 3. The minimum Gasteiger partial charge on any atom is -0.310 e. The first-order chi connectivity index (χ1) is 29.0. The topological polar surface area (TPSA) is 3.24 Å². The molecule has 0 heterocycles. The van der Waals surface area contributed by atoms with Gasteiger partial charge in [-0.05, 0) is 144 Å². The highest BCUT2D eigenvalue weighted by Crippen LogP contribution is 2.56. The maximum absolute atomic E-state index is 2.50. The van der Waals surface area contributed by atoms with Crippen LogP contribution in [0, 0.1) is 0 Å². The second kappa shape index (κ2) is 12.8. The average molecular weight is 754 g/mol. The highest BCUT2D eigenvalue weighted by Gasteiger charge is 2.47. The Balaban J connectivity index is 0.952. The van der Waals surface area contributed by atoms with Gasteiger partial charge in [0.2, 0.25) is 0 Å². The Morgan fingerprint density at radius 3 is 1.61 bits per heavy atom. The number of benzene rings is 9. The standard InChI is InChI=1S/C58H43N/c1-57(2)53-20-9-7-17-49(53)51-33-31-46(35-55(51)57)59(45-29-24-40(25-30-45)48-19-11-15-39-12-5-6-16-47(39)48)44-27-22-38(23-28-44)41-26-32-52-50-18-8-10-21-54(50)58(56(52)34-41)36-42-13-3-4-14-43(42)37-58/h3-35H,36-37H2,1-2H3. The molecular weight excluding hydrogens is 711 g/mol. The van der Waals surface area contributed by atoms with Gasteiger partial charge in [-0.3, -0.25) is 0 Å². The number of hydrogen-bond acceptors (Lipinski definition) is 1. The van der Waals surface area contributed by atoms with Gasteiger partial charge in [0.15, 0.2) is 0 Å². The van der Waals surface area contributed by atoms with Crippen molar-refractivity contribution >= 4 is 27.8 Å². The van der Waals surface area contributed by atoms with Crippen molar-refractivity contribution in [2.75, 3.05) is 4.90 Å². The van der Waals surface area contributed by atoms with E-state index in [1.807, 2.05) is 0 Å². The normalized spacial score (nSPS) is 14.7. The molecule has 0 unspecified atom stereocenters. The van der Waals surface area contributed by atoms with Gasteiger partial charge < -0.3 is 4.90 Å². The van der Waals surface area contributed by atoms with Crippen LogP contribution in [0.1, 0.15) is 47.2 Å². The Morgan fingerprint density at radius 1 is 0.356 bits per heavy atom. The van der Waals surface area contributed by atoms with E-state index in [0.29, 0.717) is 0 Å². The lowest BCUT2D eigenvalue weighted by Gasteiger charge is -2.28. The summed E-state index contributed by atoms with van der Waals surface area (Å²) in [6, 6.07) is 75.0. The minimum absolute atomic E-state index is 0.0262. The molecule has 1 heteroatoms. The van der Waals surface area contributed by atoms with Gasteiger partial charge in [0, 0.05) is 27.9 Å². The third-order valence-corrected chi connectivity index (χ3v) is 13.9. The van der Waals surface area contributed by atoms with Crippen LogP contribution in [-0.2, 0) is 23.7 Å². The van der Waals surface area contributed by atoms with E-state index < -0.39 is 0 Å². The molecule has 1 nitrogen and oxygen atoms in total. The highest BCUT2D eigenvalue weighted by atomic mass is 15.1. The second-order valence-electron chi connectivity index (χ2n) is 17.4.